The van der Waals surface area contributed by atoms with E-state index in [9.17, 15) is 14.9 Å². The highest BCUT2D eigenvalue weighted by Gasteiger charge is 2.20. The first-order chi connectivity index (χ1) is 13.0. The largest absolute Gasteiger partial charge is 0.510 e. The summed E-state index contributed by atoms with van der Waals surface area (Å²) in [5.74, 6) is 0.481. The predicted molar refractivity (Wildman–Crippen MR) is 98.6 cm³/mol. The van der Waals surface area contributed by atoms with Crippen LogP contribution in [0.4, 0.5) is 10.5 Å². The highest BCUT2D eigenvalue weighted by molar-refractivity contribution is 6.39. The molecule has 0 aromatic heterocycles. The van der Waals surface area contributed by atoms with Gasteiger partial charge >= 0.3 is 6.16 Å². The number of carbonyl (C=O) groups is 1. The number of benzene rings is 1. The van der Waals surface area contributed by atoms with Crippen LogP contribution in [0.15, 0.2) is 23.2 Å². The van der Waals surface area contributed by atoms with E-state index in [0.717, 1.165) is 0 Å². The maximum Gasteiger partial charge on any atom is 0.510 e. The fourth-order valence-electron chi connectivity index (χ4n) is 2.13. The summed E-state index contributed by atoms with van der Waals surface area (Å²) in [6.07, 6.45) is -0.0294. The number of unbranched alkanes of at least 4 members (excludes halogenated alkanes) is 1. The average molecular weight is 421 g/mol. The van der Waals surface area contributed by atoms with Crippen molar-refractivity contribution in [3.8, 4) is 0 Å². The molecule has 1 aliphatic heterocycles. The molecule has 12 heteroatoms. The highest BCUT2D eigenvalue weighted by Crippen LogP contribution is 2.30. The summed E-state index contributed by atoms with van der Waals surface area (Å²) in [4.78, 5) is 31.7. The van der Waals surface area contributed by atoms with Crippen LogP contribution in [0.2, 0.25) is 10.0 Å². The lowest BCUT2D eigenvalue weighted by Gasteiger charge is -2.21. The zero-order chi connectivity index (χ0) is 19.6. The number of carbonyl (C=O) groups excluding carboxylic acids is 1. The Kier molecular flexibility index (Phi) is 8.21. The molecule has 27 heavy (non-hydrogen) atoms. The number of nitrogens with zero attached hydrogens (tertiary/aromatic N) is 3. The Morgan fingerprint density at radius 1 is 1.26 bits per heavy atom. The van der Waals surface area contributed by atoms with Gasteiger partial charge in [0.2, 0.25) is 5.96 Å². The molecule has 0 saturated carbocycles. The van der Waals surface area contributed by atoms with E-state index in [0.29, 0.717) is 47.6 Å². The monoisotopic (exact) mass is 420 g/mol. The maximum atomic E-state index is 11.6. The van der Waals surface area contributed by atoms with E-state index in [2.05, 4.69) is 15.1 Å². The third-order valence-electron chi connectivity index (χ3n) is 3.42. The SMILES string of the molecule is O=C(OCCCCO[N+](=O)[O-])OCN1CCN=C1Nc1c(Cl)cccc1Cl. The molecule has 0 bridgehead atoms. The van der Waals surface area contributed by atoms with Crippen LogP contribution in [0, 0.1) is 10.1 Å². The lowest BCUT2D eigenvalue weighted by molar-refractivity contribution is -0.757. The first kappa shape index (κ1) is 20.8. The second kappa shape index (κ2) is 10.6. The lowest BCUT2D eigenvalue weighted by Crippen LogP contribution is -2.36. The summed E-state index contributed by atoms with van der Waals surface area (Å²) in [6.45, 7) is 1.05. The number of hydrogen-bond acceptors (Lipinski definition) is 9. The number of anilines is 1. The number of nitrogens with one attached hydrogen (secondary N) is 1. The highest BCUT2D eigenvalue weighted by atomic mass is 35.5. The van der Waals surface area contributed by atoms with Gasteiger partial charge in [0.05, 0.1) is 35.5 Å². The van der Waals surface area contributed by atoms with Gasteiger partial charge in [-0.2, -0.15) is 0 Å². The van der Waals surface area contributed by atoms with Crippen molar-refractivity contribution in [3.05, 3.63) is 38.4 Å². The number of guanidine groups is 1. The Labute approximate surface area is 165 Å². The average Bonchev–Trinajstić information content (AvgIpc) is 3.06. The van der Waals surface area contributed by atoms with E-state index in [4.69, 9.17) is 32.7 Å². The van der Waals surface area contributed by atoms with E-state index >= 15 is 0 Å². The molecule has 0 saturated heterocycles. The number of hydrogen-bond donors (Lipinski definition) is 1. The molecule has 0 aliphatic carbocycles. The Hall–Kier alpha value is -2.46. The van der Waals surface area contributed by atoms with Gasteiger partial charge in [-0.15, -0.1) is 10.1 Å². The number of para-hydroxylation sites is 1. The molecule has 1 N–H and O–H groups in total. The van der Waals surface area contributed by atoms with Gasteiger partial charge in [0, 0.05) is 6.54 Å². The Morgan fingerprint density at radius 2 is 1.96 bits per heavy atom. The zero-order valence-corrected chi connectivity index (χ0v) is 15.7. The molecule has 1 heterocycles. The smallest absolute Gasteiger partial charge is 0.434 e. The lowest BCUT2D eigenvalue weighted by atomic mass is 10.3. The normalized spacial score (nSPS) is 13.1. The molecule has 0 amide bonds. The van der Waals surface area contributed by atoms with Gasteiger partial charge in [-0.1, -0.05) is 29.3 Å². The maximum absolute atomic E-state index is 11.6. The quantitative estimate of drug-likeness (QED) is 0.280. The first-order valence-corrected chi connectivity index (χ1v) is 8.80. The van der Waals surface area contributed by atoms with Gasteiger partial charge in [0.1, 0.15) is 0 Å². The molecular weight excluding hydrogens is 403 g/mol. The third-order valence-corrected chi connectivity index (χ3v) is 4.05. The van der Waals surface area contributed by atoms with E-state index in [1.54, 1.807) is 23.1 Å². The van der Waals surface area contributed by atoms with Gasteiger partial charge < -0.3 is 24.5 Å². The molecule has 0 unspecified atom stereocenters. The van der Waals surface area contributed by atoms with Gasteiger partial charge in [-0.25, -0.2) is 4.79 Å². The van der Waals surface area contributed by atoms with Gasteiger partial charge in [0.15, 0.2) is 6.73 Å². The molecule has 2 rings (SSSR count). The summed E-state index contributed by atoms with van der Waals surface area (Å²) < 4.78 is 9.92. The topological polar surface area (TPSA) is 116 Å². The van der Waals surface area contributed by atoms with Crippen molar-refractivity contribution in [3.63, 3.8) is 0 Å². The van der Waals surface area contributed by atoms with Crippen LogP contribution in [-0.2, 0) is 14.3 Å². The summed E-state index contributed by atoms with van der Waals surface area (Å²) in [5, 5.41) is 13.0. The Morgan fingerprint density at radius 3 is 2.67 bits per heavy atom. The fraction of sp³-hybridized carbons (Fsp3) is 0.467. The molecule has 1 aromatic rings. The third kappa shape index (κ3) is 6.99. The molecule has 0 radical (unpaired) electrons. The molecule has 0 atom stereocenters. The minimum atomic E-state index is -0.867. The van der Waals surface area contributed by atoms with Crippen LogP contribution in [-0.4, -0.2) is 55.1 Å². The Balaban J connectivity index is 1.70. The molecule has 1 aromatic carbocycles. The molecule has 148 valence electrons. The molecule has 0 fully saturated rings. The molecule has 1 aliphatic rings. The fourth-order valence-corrected chi connectivity index (χ4v) is 2.62. The van der Waals surface area contributed by atoms with Crippen molar-refractivity contribution in [2.45, 2.75) is 12.8 Å². The van der Waals surface area contributed by atoms with Crippen molar-refractivity contribution in [1.29, 1.82) is 0 Å². The summed E-state index contributed by atoms with van der Waals surface area (Å²) in [5.41, 5.74) is 0.519. The zero-order valence-electron chi connectivity index (χ0n) is 14.2. The van der Waals surface area contributed by atoms with Crippen molar-refractivity contribution >= 4 is 41.0 Å². The second-order valence-corrected chi connectivity index (χ2v) is 6.14. The summed E-state index contributed by atoms with van der Waals surface area (Å²) in [7, 11) is 0. The van der Waals surface area contributed by atoms with Gasteiger partial charge in [-0.3, -0.25) is 4.99 Å². The van der Waals surface area contributed by atoms with Crippen LogP contribution in [0.25, 0.3) is 0 Å². The minimum Gasteiger partial charge on any atom is -0.434 e. The van der Waals surface area contributed by atoms with Crippen LogP contribution in [0.1, 0.15) is 12.8 Å². The minimum absolute atomic E-state index is 0.0463. The summed E-state index contributed by atoms with van der Waals surface area (Å²) in [6, 6.07) is 5.12. The van der Waals surface area contributed by atoms with E-state index < -0.39 is 11.2 Å². The van der Waals surface area contributed by atoms with Gasteiger partial charge in [-0.05, 0) is 25.0 Å². The van der Waals surface area contributed by atoms with Gasteiger partial charge in [0.25, 0.3) is 5.09 Å². The van der Waals surface area contributed by atoms with Crippen molar-refractivity contribution in [2.24, 2.45) is 4.99 Å². The van der Waals surface area contributed by atoms with Crippen LogP contribution >= 0.6 is 23.2 Å². The van der Waals surface area contributed by atoms with E-state index in [1.807, 2.05) is 0 Å². The molecule has 10 nitrogen and oxygen atoms in total. The Bertz CT molecular complexity index is 683. The molecular formula is C15H18Cl2N4O6. The predicted octanol–water partition coefficient (Wildman–Crippen LogP) is 3.18. The van der Waals surface area contributed by atoms with Crippen LogP contribution in [0.5, 0.6) is 0 Å². The first-order valence-electron chi connectivity index (χ1n) is 8.04. The number of halogens is 2. The van der Waals surface area contributed by atoms with Crippen molar-refractivity contribution < 1.29 is 24.2 Å². The second-order valence-electron chi connectivity index (χ2n) is 5.33. The molecule has 0 spiro atoms. The standard InChI is InChI=1S/C15H18Cl2N4O6/c16-11-4-3-5-12(17)13(11)19-14-18-6-7-20(14)10-26-15(22)25-8-1-2-9-27-21(23)24/h3-5H,1-2,6-10H2,(H,18,19). The van der Waals surface area contributed by atoms with Crippen LogP contribution in [0.3, 0.4) is 0 Å². The number of ether oxygens (including phenoxy) is 2. The van der Waals surface area contributed by atoms with Crippen molar-refractivity contribution in [1.82, 2.24) is 4.90 Å². The van der Waals surface area contributed by atoms with Crippen molar-refractivity contribution in [2.75, 3.05) is 38.4 Å². The number of aliphatic imine (C=N–C) groups is 1. The van der Waals surface area contributed by atoms with Crippen LogP contribution < -0.4 is 5.32 Å². The van der Waals surface area contributed by atoms with E-state index in [-0.39, 0.29) is 19.9 Å². The number of rotatable bonds is 9. The summed E-state index contributed by atoms with van der Waals surface area (Å²) >= 11 is 12.2. The van der Waals surface area contributed by atoms with E-state index in [1.165, 1.54) is 0 Å².